The maximum absolute atomic E-state index is 12.8. The van der Waals surface area contributed by atoms with Gasteiger partial charge < -0.3 is 9.84 Å². The van der Waals surface area contributed by atoms with Crippen LogP contribution in [-0.4, -0.2) is 34.9 Å². The Bertz CT molecular complexity index is 578. The van der Waals surface area contributed by atoms with Crippen molar-refractivity contribution in [2.24, 2.45) is 0 Å². The van der Waals surface area contributed by atoms with Crippen molar-refractivity contribution in [1.29, 1.82) is 0 Å². The van der Waals surface area contributed by atoms with Crippen molar-refractivity contribution in [2.75, 3.05) is 6.61 Å². The maximum atomic E-state index is 12.8. The van der Waals surface area contributed by atoms with Gasteiger partial charge in [-0.2, -0.15) is 0 Å². The topological polar surface area (TPSA) is 80.7 Å². The summed E-state index contributed by atoms with van der Waals surface area (Å²) in [4.78, 5) is 36.5. The zero-order valence-electron chi connectivity index (χ0n) is 11.9. The quantitative estimate of drug-likeness (QED) is 0.677. The van der Waals surface area contributed by atoms with Crippen LogP contribution in [0.2, 0.25) is 0 Å². The van der Waals surface area contributed by atoms with Crippen LogP contribution in [0.25, 0.3) is 0 Å². The second-order valence-corrected chi connectivity index (χ2v) is 5.17. The lowest BCUT2D eigenvalue weighted by atomic mass is 9.86. The maximum Gasteiger partial charge on any atom is 0.332 e. The Morgan fingerprint density at radius 1 is 1.29 bits per heavy atom. The van der Waals surface area contributed by atoms with Crippen molar-refractivity contribution in [3.05, 3.63) is 35.4 Å². The molecule has 2 rings (SSSR count). The number of Topliss-reactive ketones (excluding diaryl/α,β-unsaturated/α-hetero) is 2. The second kappa shape index (κ2) is 6.18. The molecule has 1 aromatic carbocycles. The standard InChI is InChI=1S/C16H18O5/c1-2-8-16(21-14(19)10-17)9-7-13(18)11-5-3-4-6-12(11)15(16)20/h3-6,17H,2,7-10H2,1H3. The summed E-state index contributed by atoms with van der Waals surface area (Å²) < 4.78 is 5.28. The van der Waals surface area contributed by atoms with Crippen LogP contribution in [0, 0.1) is 0 Å². The number of ketones is 2. The number of hydrogen-bond acceptors (Lipinski definition) is 5. The monoisotopic (exact) mass is 290 g/mol. The fraction of sp³-hybridized carbons (Fsp3) is 0.438. The molecule has 1 unspecified atom stereocenters. The average molecular weight is 290 g/mol. The molecule has 0 saturated heterocycles. The first-order valence-electron chi connectivity index (χ1n) is 7.04. The molecule has 0 radical (unpaired) electrons. The highest BCUT2D eigenvalue weighted by Gasteiger charge is 2.45. The van der Waals surface area contributed by atoms with Crippen LogP contribution in [0.3, 0.4) is 0 Å². The van der Waals surface area contributed by atoms with E-state index in [-0.39, 0.29) is 24.4 Å². The zero-order valence-corrected chi connectivity index (χ0v) is 11.9. The predicted octanol–water partition coefficient (Wildman–Crippen LogP) is 1.92. The van der Waals surface area contributed by atoms with Crippen molar-refractivity contribution in [1.82, 2.24) is 0 Å². The number of aliphatic hydroxyl groups is 1. The number of carbonyl (C=O) groups is 3. The highest BCUT2D eigenvalue weighted by molar-refractivity contribution is 6.14. The van der Waals surface area contributed by atoms with Crippen molar-refractivity contribution >= 4 is 17.5 Å². The molecule has 0 fully saturated rings. The first-order chi connectivity index (χ1) is 10.0. The molecule has 0 aromatic heterocycles. The number of hydrogen-bond donors (Lipinski definition) is 1. The van der Waals surface area contributed by atoms with Crippen LogP contribution < -0.4 is 0 Å². The Labute approximate surface area is 122 Å². The van der Waals surface area contributed by atoms with Crippen LogP contribution >= 0.6 is 0 Å². The lowest BCUT2D eigenvalue weighted by Crippen LogP contribution is -2.43. The molecule has 0 aliphatic heterocycles. The Hall–Kier alpha value is -2.01. The van der Waals surface area contributed by atoms with E-state index in [1.807, 2.05) is 6.92 Å². The number of carbonyl (C=O) groups excluding carboxylic acids is 3. The van der Waals surface area contributed by atoms with Gasteiger partial charge in [0, 0.05) is 24.0 Å². The molecule has 0 amide bonds. The van der Waals surface area contributed by atoms with Gasteiger partial charge in [-0.3, -0.25) is 9.59 Å². The van der Waals surface area contributed by atoms with Gasteiger partial charge in [0.05, 0.1) is 0 Å². The molecule has 21 heavy (non-hydrogen) atoms. The third kappa shape index (κ3) is 2.88. The largest absolute Gasteiger partial charge is 0.449 e. The summed E-state index contributed by atoms with van der Waals surface area (Å²) in [6.45, 7) is 1.09. The van der Waals surface area contributed by atoms with E-state index in [9.17, 15) is 14.4 Å². The number of aliphatic hydroxyl groups excluding tert-OH is 1. The van der Waals surface area contributed by atoms with E-state index in [4.69, 9.17) is 9.84 Å². The second-order valence-electron chi connectivity index (χ2n) is 5.17. The zero-order chi connectivity index (χ0) is 15.5. The molecule has 1 aliphatic carbocycles. The Morgan fingerprint density at radius 2 is 1.95 bits per heavy atom. The Kier molecular flexibility index (Phi) is 4.53. The molecule has 1 atom stereocenters. The number of esters is 1. The summed E-state index contributed by atoms with van der Waals surface area (Å²) in [5, 5.41) is 8.90. The van der Waals surface area contributed by atoms with Crippen molar-refractivity contribution in [3.8, 4) is 0 Å². The smallest absolute Gasteiger partial charge is 0.332 e. The number of benzene rings is 1. The molecule has 112 valence electrons. The van der Waals surface area contributed by atoms with Gasteiger partial charge in [-0.15, -0.1) is 0 Å². The van der Waals surface area contributed by atoms with E-state index in [0.717, 1.165) is 0 Å². The molecule has 5 heteroatoms. The third-order valence-corrected chi connectivity index (χ3v) is 3.73. The summed E-state index contributed by atoms with van der Waals surface area (Å²) in [5.41, 5.74) is -0.684. The number of fused-ring (bicyclic) bond motifs is 1. The summed E-state index contributed by atoms with van der Waals surface area (Å²) in [7, 11) is 0. The first-order valence-corrected chi connectivity index (χ1v) is 7.04. The molecule has 0 saturated carbocycles. The van der Waals surface area contributed by atoms with Gasteiger partial charge in [0.2, 0.25) is 5.78 Å². The van der Waals surface area contributed by atoms with Crippen molar-refractivity contribution in [2.45, 2.75) is 38.2 Å². The van der Waals surface area contributed by atoms with Crippen molar-refractivity contribution in [3.63, 3.8) is 0 Å². The van der Waals surface area contributed by atoms with E-state index in [1.165, 1.54) is 0 Å². The molecule has 0 heterocycles. The molecule has 1 aromatic rings. The molecule has 0 bridgehead atoms. The van der Waals surface area contributed by atoms with Gasteiger partial charge >= 0.3 is 5.97 Å². The minimum Gasteiger partial charge on any atom is -0.449 e. The fourth-order valence-corrected chi connectivity index (χ4v) is 2.77. The molecule has 1 N–H and O–H groups in total. The molecule has 1 aliphatic rings. The number of rotatable bonds is 4. The SMILES string of the molecule is CCCC1(OC(=O)CO)CCC(=O)c2ccccc2C1=O. The highest BCUT2D eigenvalue weighted by atomic mass is 16.6. The average Bonchev–Trinajstić information content (AvgIpc) is 2.60. The molecular weight excluding hydrogens is 272 g/mol. The van der Waals surface area contributed by atoms with Crippen LogP contribution in [0.4, 0.5) is 0 Å². The Morgan fingerprint density at radius 3 is 2.57 bits per heavy atom. The summed E-state index contributed by atoms with van der Waals surface area (Å²) in [5.74, 6) is -1.33. The van der Waals surface area contributed by atoms with Gasteiger partial charge in [-0.1, -0.05) is 37.6 Å². The van der Waals surface area contributed by atoms with Crippen LogP contribution in [0.5, 0.6) is 0 Å². The van der Waals surface area contributed by atoms with Gasteiger partial charge in [-0.05, 0) is 6.42 Å². The van der Waals surface area contributed by atoms with E-state index in [0.29, 0.717) is 24.0 Å². The highest BCUT2D eigenvalue weighted by Crippen LogP contribution is 2.34. The lowest BCUT2D eigenvalue weighted by Gasteiger charge is -2.30. The summed E-state index contributed by atoms with van der Waals surface area (Å²) in [6.07, 6.45) is 1.25. The molecule has 0 spiro atoms. The lowest BCUT2D eigenvalue weighted by molar-refractivity contribution is -0.159. The van der Waals surface area contributed by atoms with Crippen LogP contribution in [0.1, 0.15) is 53.3 Å². The van der Waals surface area contributed by atoms with Crippen LogP contribution in [-0.2, 0) is 9.53 Å². The first kappa shape index (κ1) is 15.4. The van der Waals surface area contributed by atoms with Gasteiger partial charge in [0.25, 0.3) is 0 Å². The summed E-state index contributed by atoms with van der Waals surface area (Å²) >= 11 is 0. The molecule has 5 nitrogen and oxygen atoms in total. The minimum atomic E-state index is -1.35. The van der Waals surface area contributed by atoms with E-state index in [1.54, 1.807) is 24.3 Å². The van der Waals surface area contributed by atoms with Crippen molar-refractivity contribution < 1.29 is 24.2 Å². The van der Waals surface area contributed by atoms with E-state index < -0.39 is 18.2 Å². The van der Waals surface area contributed by atoms with Gasteiger partial charge in [-0.25, -0.2) is 4.79 Å². The third-order valence-electron chi connectivity index (χ3n) is 3.73. The summed E-state index contributed by atoms with van der Waals surface area (Å²) in [6, 6.07) is 6.58. The van der Waals surface area contributed by atoms with E-state index >= 15 is 0 Å². The number of ether oxygens (including phenoxy) is 1. The van der Waals surface area contributed by atoms with Crippen LogP contribution in [0.15, 0.2) is 24.3 Å². The van der Waals surface area contributed by atoms with Gasteiger partial charge in [0.15, 0.2) is 11.4 Å². The van der Waals surface area contributed by atoms with Gasteiger partial charge in [0.1, 0.15) is 6.61 Å². The minimum absolute atomic E-state index is 0.128. The Balaban J connectivity index is 2.49. The molecular formula is C16H18O5. The predicted molar refractivity (Wildman–Crippen MR) is 75.2 cm³/mol. The van der Waals surface area contributed by atoms with E-state index in [2.05, 4.69) is 0 Å². The fourth-order valence-electron chi connectivity index (χ4n) is 2.77. The normalized spacial score (nSPS) is 21.6.